The Balaban J connectivity index is 2.45. The van der Waals surface area contributed by atoms with E-state index in [0.29, 0.717) is 16.6 Å². The maximum Gasteiger partial charge on any atom is 0.277 e. The average molecular weight is 239 g/mol. The molecule has 0 saturated heterocycles. The molecule has 0 bridgehead atoms. The summed E-state index contributed by atoms with van der Waals surface area (Å²) in [6.45, 7) is 0. The minimum atomic E-state index is -0.299. The molecule has 0 radical (unpaired) electrons. The zero-order valence-electron chi connectivity index (χ0n) is 9.32. The third-order valence-electron chi connectivity index (χ3n) is 2.69. The summed E-state index contributed by atoms with van der Waals surface area (Å²) in [6, 6.07) is 8.50. The van der Waals surface area contributed by atoms with E-state index >= 15 is 0 Å². The summed E-state index contributed by atoms with van der Waals surface area (Å²) >= 11 is 0. The van der Waals surface area contributed by atoms with Gasteiger partial charge in [-0.05, 0) is 24.3 Å². The van der Waals surface area contributed by atoms with Crippen LogP contribution in [0, 0.1) is 0 Å². The van der Waals surface area contributed by atoms with E-state index in [1.807, 2.05) is 0 Å². The number of aliphatic imine (C=N–C) groups is 1. The van der Waals surface area contributed by atoms with Gasteiger partial charge >= 0.3 is 0 Å². The summed E-state index contributed by atoms with van der Waals surface area (Å²) in [5.41, 5.74) is 2.22. The molecular weight excluding hydrogens is 230 g/mol. The van der Waals surface area contributed by atoms with Crippen LogP contribution in [0.3, 0.4) is 0 Å². The maximum absolute atomic E-state index is 11.5. The first-order chi connectivity index (χ1) is 8.75. The van der Waals surface area contributed by atoms with Crippen LogP contribution in [0.4, 0.5) is 0 Å². The van der Waals surface area contributed by atoms with E-state index in [1.165, 1.54) is 12.4 Å². The second-order valence-corrected chi connectivity index (χ2v) is 3.84. The van der Waals surface area contributed by atoms with Crippen LogP contribution in [-0.4, -0.2) is 27.0 Å². The largest absolute Gasteiger partial charge is 0.428 e. The lowest BCUT2D eigenvalue weighted by molar-refractivity contribution is 0.101. The molecule has 5 nitrogen and oxygen atoms in total. The molecule has 0 saturated carbocycles. The molecule has 0 spiro atoms. The first-order valence-corrected chi connectivity index (χ1v) is 5.38. The number of amides is 1. The van der Waals surface area contributed by atoms with Crippen LogP contribution in [0.5, 0.6) is 0 Å². The predicted molar refractivity (Wildman–Crippen MR) is 66.5 cm³/mol. The van der Waals surface area contributed by atoms with E-state index in [4.69, 9.17) is 0 Å². The number of nitrogens with zero attached hydrogens (tertiary/aromatic N) is 3. The standard InChI is InChI=1S/C13H9N3O2/c17-13-10-7-12-11(6-9(10)8-15-13)14-4-2-1-3-5-16(12)18/h1-8,18H. The summed E-state index contributed by atoms with van der Waals surface area (Å²) in [4.78, 5) is 19.5. The monoisotopic (exact) mass is 239 g/mol. The van der Waals surface area contributed by atoms with Crippen LogP contribution in [0.15, 0.2) is 47.7 Å². The van der Waals surface area contributed by atoms with E-state index < -0.39 is 0 Å². The maximum atomic E-state index is 11.5. The SMILES string of the molecule is O=C1N=Cc2cc3ncccccn(O)c3cc21. The first-order valence-electron chi connectivity index (χ1n) is 5.38. The molecule has 0 fully saturated rings. The molecule has 1 aliphatic heterocycles. The van der Waals surface area contributed by atoms with Gasteiger partial charge in [0.15, 0.2) is 0 Å². The van der Waals surface area contributed by atoms with Crippen LogP contribution >= 0.6 is 0 Å². The molecule has 2 aromatic rings. The quantitative estimate of drug-likeness (QED) is 0.714. The number of aromatic nitrogens is 2. The van der Waals surface area contributed by atoms with Crippen molar-refractivity contribution in [1.82, 2.24) is 9.71 Å². The Kier molecular flexibility index (Phi) is 2.30. The van der Waals surface area contributed by atoms with Gasteiger partial charge in [-0.3, -0.25) is 9.78 Å². The van der Waals surface area contributed by atoms with Gasteiger partial charge in [0.05, 0.1) is 11.1 Å². The number of carbonyl (C=O) groups is 1. The number of benzene rings is 1. The van der Waals surface area contributed by atoms with Gasteiger partial charge in [-0.25, -0.2) is 4.99 Å². The average Bonchev–Trinajstić information content (AvgIpc) is 2.76. The van der Waals surface area contributed by atoms with E-state index in [0.717, 1.165) is 10.3 Å². The van der Waals surface area contributed by atoms with Gasteiger partial charge in [0.1, 0.15) is 5.52 Å². The Morgan fingerprint density at radius 3 is 2.94 bits per heavy atom. The summed E-state index contributed by atoms with van der Waals surface area (Å²) in [7, 11) is 0. The van der Waals surface area contributed by atoms with Crippen molar-refractivity contribution in [3.63, 3.8) is 0 Å². The molecule has 18 heavy (non-hydrogen) atoms. The molecule has 0 unspecified atom stereocenters. The highest BCUT2D eigenvalue weighted by molar-refractivity contribution is 6.14. The fraction of sp³-hybridized carbons (Fsp3) is 0. The van der Waals surface area contributed by atoms with Crippen molar-refractivity contribution in [2.45, 2.75) is 0 Å². The molecule has 88 valence electrons. The number of hydrogen-bond donors (Lipinski definition) is 1. The van der Waals surface area contributed by atoms with Crippen LogP contribution in [0.1, 0.15) is 15.9 Å². The number of fused-ring (bicyclic) bond motifs is 2. The minimum Gasteiger partial charge on any atom is -0.428 e. The Bertz CT molecular complexity index is 730. The van der Waals surface area contributed by atoms with Crippen molar-refractivity contribution in [3.8, 4) is 0 Å². The van der Waals surface area contributed by atoms with Gasteiger partial charge in [0.25, 0.3) is 5.91 Å². The molecule has 0 atom stereocenters. The third-order valence-corrected chi connectivity index (χ3v) is 2.69. The fourth-order valence-corrected chi connectivity index (χ4v) is 1.82. The van der Waals surface area contributed by atoms with Crippen LogP contribution in [-0.2, 0) is 0 Å². The highest BCUT2D eigenvalue weighted by Crippen LogP contribution is 2.20. The number of carbonyl (C=O) groups excluding carboxylic acids is 1. The van der Waals surface area contributed by atoms with E-state index in [2.05, 4.69) is 9.98 Å². The summed E-state index contributed by atoms with van der Waals surface area (Å²) in [5, 5.41) is 9.90. The highest BCUT2D eigenvalue weighted by Gasteiger charge is 2.16. The summed E-state index contributed by atoms with van der Waals surface area (Å²) in [6.07, 6.45) is 4.62. The van der Waals surface area contributed by atoms with E-state index in [9.17, 15) is 10.0 Å². The second-order valence-electron chi connectivity index (χ2n) is 3.84. The molecule has 1 amide bonds. The number of rotatable bonds is 0. The normalized spacial score (nSPS) is 12.6. The second kappa shape index (κ2) is 3.96. The van der Waals surface area contributed by atoms with Crippen molar-refractivity contribution in [3.05, 3.63) is 53.9 Å². The fourth-order valence-electron chi connectivity index (χ4n) is 1.82. The molecular formula is C13H9N3O2. The van der Waals surface area contributed by atoms with Crippen LogP contribution < -0.4 is 0 Å². The lowest BCUT2D eigenvalue weighted by Crippen LogP contribution is -1.97. The van der Waals surface area contributed by atoms with Crippen molar-refractivity contribution in [2.24, 2.45) is 4.99 Å². The smallest absolute Gasteiger partial charge is 0.277 e. The molecule has 2 heterocycles. The van der Waals surface area contributed by atoms with Crippen LogP contribution in [0.2, 0.25) is 0 Å². The van der Waals surface area contributed by atoms with Gasteiger partial charge in [-0.1, -0.05) is 6.07 Å². The van der Waals surface area contributed by atoms with Gasteiger partial charge in [-0.2, -0.15) is 4.73 Å². The lowest BCUT2D eigenvalue weighted by atomic mass is 10.1. The summed E-state index contributed by atoms with van der Waals surface area (Å²) < 4.78 is 0.939. The molecule has 1 N–H and O–H groups in total. The van der Waals surface area contributed by atoms with Gasteiger partial charge < -0.3 is 5.21 Å². The number of hydrogen-bond acceptors (Lipinski definition) is 3. The lowest BCUT2D eigenvalue weighted by Gasteiger charge is -2.01. The van der Waals surface area contributed by atoms with E-state index in [1.54, 1.807) is 36.5 Å². The Labute approximate surface area is 102 Å². The Morgan fingerprint density at radius 1 is 1.17 bits per heavy atom. The zero-order chi connectivity index (χ0) is 12.5. The topological polar surface area (TPSA) is 67.5 Å². The Morgan fingerprint density at radius 2 is 2.06 bits per heavy atom. The molecule has 1 aromatic carbocycles. The highest BCUT2D eigenvalue weighted by atomic mass is 16.5. The third kappa shape index (κ3) is 1.62. The Hall–Kier alpha value is -2.69. The molecule has 1 aromatic heterocycles. The first kappa shape index (κ1) is 10.5. The van der Waals surface area contributed by atoms with Gasteiger partial charge in [0, 0.05) is 24.2 Å². The van der Waals surface area contributed by atoms with Gasteiger partial charge in [0.2, 0.25) is 0 Å². The molecule has 5 heteroatoms. The molecule has 0 aliphatic carbocycles. The molecule has 1 aliphatic rings. The molecule has 3 rings (SSSR count). The van der Waals surface area contributed by atoms with Crippen molar-refractivity contribution >= 4 is 23.2 Å². The minimum absolute atomic E-state index is 0.299. The van der Waals surface area contributed by atoms with E-state index in [-0.39, 0.29) is 5.91 Å². The van der Waals surface area contributed by atoms with Crippen molar-refractivity contribution < 1.29 is 10.0 Å². The van der Waals surface area contributed by atoms with Crippen molar-refractivity contribution in [1.29, 1.82) is 0 Å². The van der Waals surface area contributed by atoms with Gasteiger partial charge in [-0.15, -0.1) is 0 Å². The van der Waals surface area contributed by atoms with Crippen molar-refractivity contribution in [2.75, 3.05) is 0 Å². The zero-order valence-corrected chi connectivity index (χ0v) is 9.32. The van der Waals surface area contributed by atoms with Crippen LogP contribution in [0.25, 0.3) is 11.0 Å². The summed E-state index contributed by atoms with van der Waals surface area (Å²) in [5.74, 6) is -0.299. The predicted octanol–water partition coefficient (Wildman–Crippen LogP) is 1.97.